The first kappa shape index (κ1) is 22.6. The first-order valence-electron chi connectivity index (χ1n) is 10.3. The number of carboxylic acids is 1. The Morgan fingerprint density at radius 3 is 2.38 bits per heavy atom. The van der Waals surface area contributed by atoms with Gasteiger partial charge in [-0.05, 0) is 61.2 Å². The number of aromatic nitrogens is 1. The topological polar surface area (TPSA) is 106 Å². The quantitative estimate of drug-likeness (QED) is 0.518. The summed E-state index contributed by atoms with van der Waals surface area (Å²) < 4.78 is 1.78. The Kier molecular flexibility index (Phi) is 6.64. The molecule has 0 fully saturated rings. The number of aldehydes is 1. The highest BCUT2D eigenvalue weighted by atomic mass is 16.4. The van der Waals surface area contributed by atoms with E-state index in [2.05, 4.69) is 0 Å². The molecule has 0 aliphatic carbocycles. The second-order valence-electron chi connectivity index (χ2n) is 7.53. The number of nitrogens with two attached hydrogens (primary N) is 1. The van der Waals surface area contributed by atoms with Crippen LogP contribution in [0.4, 0.5) is 5.82 Å². The summed E-state index contributed by atoms with van der Waals surface area (Å²) in [5.41, 5.74) is 10.4. The maximum absolute atomic E-state index is 11.9. The monoisotopic (exact) mass is 430 g/mol. The molecule has 1 heterocycles. The SMILES string of the molecule is CC\C=c1/c(C=O)c(N)n(-c2cc(O)ccc2C)/c1=C/C=C(\C)c1ccc(C(=O)O)cc1. The minimum absolute atomic E-state index is 0.101. The number of carboxylic acid groups (broad SMARTS) is 1. The molecule has 0 spiro atoms. The highest BCUT2D eigenvalue weighted by molar-refractivity contribution is 5.88. The van der Waals surface area contributed by atoms with Crippen LogP contribution >= 0.6 is 0 Å². The van der Waals surface area contributed by atoms with Crippen LogP contribution in [-0.4, -0.2) is 27.0 Å². The lowest BCUT2D eigenvalue weighted by molar-refractivity contribution is 0.0696. The average molecular weight is 431 g/mol. The van der Waals surface area contributed by atoms with E-state index in [1.165, 1.54) is 0 Å². The average Bonchev–Trinajstić information content (AvgIpc) is 3.04. The minimum Gasteiger partial charge on any atom is -0.508 e. The van der Waals surface area contributed by atoms with Gasteiger partial charge in [-0.1, -0.05) is 37.3 Å². The molecule has 4 N–H and O–H groups in total. The van der Waals surface area contributed by atoms with E-state index in [0.29, 0.717) is 23.5 Å². The number of aryl methyl sites for hydroxylation is 1. The molecule has 3 rings (SSSR count). The third-order valence-electron chi connectivity index (χ3n) is 5.36. The van der Waals surface area contributed by atoms with Crippen molar-refractivity contribution in [1.29, 1.82) is 0 Å². The lowest BCUT2D eigenvalue weighted by Crippen LogP contribution is -2.30. The number of benzene rings is 2. The van der Waals surface area contributed by atoms with E-state index in [9.17, 15) is 14.7 Å². The van der Waals surface area contributed by atoms with Crippen LogP contribution in [0.2, 0.25) is 0 Å². The number of rotatable bonds is 6. The number of phenolic OH excluding ortho intramolecular Hbond substituents is 1. The van der Waals surface area contributed by atoms with Crippen LogP contribution in [0.3, 0.4) is 0 Å². The zero-order chi connectivity index (χ0) is 23.4. The molecule has 0 unspecified atom stereocenters. The molecule has 1 aromatic heterocycles. The summed E-state index contributed by atoms with van der Waals surface area (Å²) in [5.74, 6) is -0.569. The third kappa shape index (κ3) is 4.34. The Hall–Kier alpha value is -4.06. The third-order valence-corrected chi connectivity index (χ3v) is 5.36. The van der Waals surface area contributed by atoms with E-state index < -0.39 is 5.97 Å². The highest BCUT2D eigenvalue weighted by Crippen LogP contribution is 2.22. The molecule has 3 aromatic rings. The fourth-order valence-corrected chi connectivity index (χ4v) is 3.63. The van der Waals surface area contributed by atoms with Crippen LogP contribution in [0, 0.1) is 6.92 Å². The van der Waals surface area contributed by atoms with Crippen molar-refractivity contribution in [2.75, 3.05) is 5.73 Å². The summed E-state index contributed by atoms with van der Waals surface area (Å²) >= 11 is 0. The van der Waals surface area contributed by atoms with Crippen molar-refractivity contribution in [2.24, 2.45) is 0 Å². The fourth-order valence-electron chi connectivity index (χ4n) is 3.63. The first-order valence-corrected chi connectivity index (χ1v) is 10.3. The van der Waals surface area contributed by atoms with Gasteiger partial charge in [-0.2, -0.15) is 0 Å². The molecule has 32 heavy (non-hydrogen) atoms. The Labute approximate surface area is 186 Å². The van der Waals surface area contributed by atoms with Gasteiger partial charge >= 0.3 is 5.97 Å². The lowest BCUT2D eigenvalue weighted by Gasteiger charge is -2.11. The summed E-state index contributed by atoms with van der Waals surface area (Å²) in [7, 11) is 0. The van der Waals surface area contributed by atoms with Crippen LogP contribution in [0.15, 0.2) is 48.5 Å². The number of carbonyl (C=O) groups excluding carboxylic acids is 1. The van der Waals surface area contributed by atoms with Gasteiger partial charge in [-0.15, -0.1) is 0 Å². The summed E-state index contributed by atoms with van der Waals surface area (Å²) in [6.45, 7) is 5.82. The van der Waals surface area contributed by atoms with E-state index in [-0.39, 0.29) is 11.3 Å². The maximum Gasteiger partial charge on any atom is 0.335 e. The van der Waals surface area contributed by atoms with E-state index in [0.717, 1.165) is 33.6 Å². The normalized spacial score (nSPS) is 12.9. The Balaban J connectivity index is 2.28. The van der Waals surface area contributed by atoms with E-state index in [1.807, 2.05) is 39.0 Å². The summed E-state index contributed by atoms with van der Waals surface area (Å²) in [5, 5.41) is 20.6. The molecular weight excluding hydrogens is 404 g/mol. The first-order chi connectivity index (χ1) is 15.3. The van der Waals surface area contributed by atoms with E-state index >= 15 is 0 Å². The van der Waals surface area contributed by atoms with E-state index in [1.54, 1.807) is 47.0 Å². The molecule has 0 aliphatic heterocycles. The molecule has 6 nitrogen and oxygen atoms in total. The van der Waals surface area contributed by atoms with Gasteiger partial charge in [0.2, 0.25) is 0 Å². The number of carbonyl (C=O) groups is 2. The molecule has 0 amide bonds. The van der Waals surface area contributed by atoms with Crippen LogP contribution in [0.1, 0.15) is 52.1 Å². The molecule has 164 valence electrons. The van der Waals surface area contributed by atoms with Crippen molar-refractivity contribution >= 4 is 35.8 Å². The summed E-state index contributed by atoms with van der Waals surface area (Å²) in [6, 6.07) is 11.7. The van der Waals surface area contributed by atoms with Crippen molar-refractivity contribution in [1.82, 2.24) is 4.57 Å². The van der Waals surface area contributed by atoms with Crippen LogP contribution in [0.25, 0.3) is 23.4 Å². The van der Waals surface area contributed by atoms with Gasteiger partial charge in [0.25, 0.3) is 0 Å². The lowest BCUT2D eigenvalue weighted by atomic mass is 10.0. The number of aromatic carboxylic acids is 1. The van der Waals surface area contributed by atoms with Gasteiger partial charge in [0, 0.05) is 11.3 Å². The fraction of sp³-hybridized carbons (Fsp3) is 0.154. The number of allylic oxidation sites excluding steroid dienone is 2. The second-order valence-corrected chi connectivity index (χ2v) is 7.53. The molecule has 6 heteroatoms. The van der Waals surface area contributed by atoms with Gasteiger partial charge in [0.05, 0.1) is 22.2 Å². The van der Waals surface area contributed by atoms with Gasteiger partial charge in [0.15, 0.2) is 6.29 Å². The van der Waals surface area contributed by atoms with Crippen molar-refractivity contribution in [3.63, 3.8) is 0 Å². The van der Waals surface area contributed by atoms with Crippen molar-refractivity contribution in [3.05, 3.63) is 81.4 Å². The molecule has 0 atom stereocenters. The molecule has 0 aliphatic rings. The zero-order valence-electron chi connectivity index (χ0n) is 18.3. The Morgan fingerprint density at radius 1 is 1.12 bits per heavy atom. The summed E-state index contributed by atoms with van der Waals surface area (Å²) in [6.07, 6.45) is 7.20. The van der Waals surface area contributed by atoms with Crippen LogP contribution in [-0.2, 0) is 0 Å². The van der Waals surface area contributed by atoms with Crippen LogP contribution < -0.4 is 16.3 Å². The number of aromatic hydroxyl groups is 1. The molecule has 2 aromatic carbocycles. The molecule has 0 bridgehead atoms. The van der Waals surface area contributed by atoms with Gasteiger partial charge in [-0.25, -0.2) is 4.79 Å². The van der Waals surface area contributed by atoms with Crippen molar-refractivity contribution < 1.29 is 19.8 Å². The maximum atomic E-state index is 11.9. The van der Waals surface area contributed by atoms with Crippen molar-refractivity contribution in [2.45, 2.75) is 27.2 Å². The minimum atomic E-state index is -0.972. The largest absolute Gasteiger partial charge is 0.508 e. The molecular formula is C26H26N2O4. The number of hydrogen-bond acceptors (Lipinski definition) is 4. The Bertz CT molecular complexity index is 1330. The second kappa shape index (κ2) is 9.39. The van der Waals surface area contributed by atoms with E-state index in [4.69, 9.17) is 10.8 Å². The predicted octanol–water partition coefficient (Wildman–Crippen LogP) is 3.66. The number of hydrogen-bond donors (Lipinski definition) is 3. The zero-order valence-corrected chi connectivity index (χ0v) is 18.3. The number of anilines is 1. The van der Waals surface area contributed by atoms with Crippen LogP contribution in [0.5, 0.6) is 5.75 Å². The van der Waals surface area contributed by atoms with Gasteiger partial charge in [-0.3, -0.25) is 9.36 Å². The standard InChI is InChI=1S/C26H26N2O4/c1-4-5-21-22(15-29)25(27)28(24-14-20(30)12-6-17(24)3)23(21)13-7-16(2)18-8-10-19(11-9-18)26(31)32/h5-15,30H,4,27H2,1-3H3,(H,31,32)/b16-7+,21-5+,23-13+. The van der Waals surface area contributed by atoms with Gasteiger partial charge < -0.3 is 15.9 Å². The molecule has 0 radical (unpaired) electrons. The number of phenols is 1. The molecule has 0 saturated carbocycles. The summed E-state index contributed by atoms with van der Waals surface area (Å²) in [4.78, 5) is 23.0. The highest BCUT2D eigenvalue weighted by Gasteiger charge is 2.15. The number of nitrogen functional groups attached to an aromatic ring is 1. The Morgan fingerprint density at radius 2 is 1.78 bits per heavy atom. The van der Waals surface area contributed by atoms with Gasteiger partial charge in [0.1, 0.15) is 11.6 Å². The predicted molar refractivity (Wildman–Crippen MR) is 127 cm³/mol. The molecule has 0 saturated heterocycles. The number of nitrogens with zero attached hydrogens (tertiary/aromatic N) is 1. The smallest absolute Gasteiger partial charge is 0.335 e. The van der Waals surface area contributed by atoms with Crippen molar-refractivity contribution in [3.8, 4) is 11.4 Å².